The molecule has 0 aromatic heterocycles. The Morgan fingerprint density at radius 2 is 1.50 bits per heavy atom. The van der Waals surface area contributed by atoms with Gasteiger partial charge in [0.2, 0.25) is 0 Å². The molecule has 1 unspecified atom stereocenters. The van der Waals surface area contributed by atoms with E-state index in [-0.39, 0.29) is 24.9 Å². The lowest BCUT2D eigenvalue weighted by molar-refractivity contribution is -0.149. The molecule has 0 aliphatic rings. The van der Waals surface area contributed by atoms with Gasteiger partial charge in [-0.2, -0.15) is 0 Å². The van der Waals surface area contributed by atoms with Crippen molar-refractivity contribution >= 4 is 11.9 Å². The minimum absolute atomic E-state index is 0.0238. The second kappa shape index (κ2) is 10.2. The predicted molar refractivity (Wildman–Crippen MR) is 101 cm³/mol. The number of carboxylic acid groups (broad SMARTS) is 1. The van der Waals surface area contributed by atoms with Crippen LogP contribution in [0.3, 0.4) is 0 Å². The van der Waals surface area contributed by atoms with E-state index in [0.29, 0.717) is 19.3 Å². The standard InChI is InChI=1S/C22H24O4/c1-17(12-13-21(23)24)14-20(15-18-8-4-2-5-9-18)22(25)26-16-19-10-6-3-7-11-19/h2-11,20H,1,12-16H2,(H,23,24). The molecule has 0 saturated carbocycles. The van der Waals surface area contributed by atoms with Gasteiger partial charge < -0.3 is 9.84 Å². The molecule has 0 aliphatic heterocycles. The van der Waals surface area contributed by atoms with E-state index in [9.17, 15) is 9.59 Å². The van der Waals surface area contributed by atoms with E-state index in [1.807, 2.05) is 60.7 Å². The molecule has 1 atom stereocenters. The SMILES string of the molecule is C=C(CCC(=O)O)CC(Cc1ccccc1)C(=O)OCc1ccccc1. The van der Waals surface area contributed by atoms with Crippen molar-refractivity contribution in [2.24, 2.45) is 5.92 Å². The van der Waals surface area contributed by atoms with E-state index >= 15 is 0 Å². The quantitative estimate of drug-likeness (QED) is 0.508. The fourth-order valence-corrected chi connectivity index (χ4v) is 2.72. The second-order valence-corrected chi connectivity index (χ2v) is 6.33. The van der Waals surface area contributed by atoms with Crippen LogP contribution in [0.1, 0.15) is 30.4 Å². The predicted octanol–water partition coefficient (Wildman–Crippen LogP) is 4.40. The van der Waals surface area contributed by atoms with Gasteiger partial charge in [-0.1, -0.05) is 72.8 Å². The van der Waals surface area contributed by atoms with E-state index in [4.69, 9.17) is 9.84 Å². The molecule has 0 spiro atoms. The zero-order chi connectivity index (χ0) is 18.8. The number of carbonyl (C=O) groups is 2. The highest BCUT2D eigenvalue weighted by molar-refractivity contribution is 5.73. The Balaban J connectivity index is 1.99. The number of carbonyl (C=O) groups excluding carboxylic acids is 1. The maximum Gasteiger partial charge on any atom is 0.309 e. The van der Waals surface area contributed by atoms with Crippen LogP contribution >= 0.6 is 0 Å². The Hall–Kier alpha value is -2.88. The van der Waals surface area contributed by atoms with Crippen LogP contribution in [0.4, 0.5) is 0 Å². The van der Waals surface area contributed by atoms with Crippen LogP contribution in [-0.4, -0.2) is 17.0 Å². The van der Waals surface area contributed by atoms with Crippen molar-refractivity contribution in [2.75, 3.05) is 0 Å². The summed E-state index contributed by atoms with van der Waals surface area (Å²) in [5.41, 5.74) is 2.73. The highest BCUT2D eigenvalue weighted by Gasteiger charge is 2.22. The zero-order valence-corrected chi connectivity index (χ0v) is 14.8. The van der Waals surface area contributed by atoms with Crippen LogP contribution in [0.25, 0.3) is 0 Å². The van der Waals surface area contributed by atoms with Crippen LogP contribution in [0.5, 0.6) is 0 Å². The Morgan fingerprint density at radius 3 is 2.08 bits per heavy atom. The molecular formula is C22H24O4. The van der Waals surface area contributed by atoms with Crippen molar-refractivity contribution in [3.63, 3.8) is 0 Å². The van der Waals surface area contributed by atoms with E-state index in [1.54, 1.807) is 0 Å². The molecule has 2 aromatic rings. The van der Waals surface area contributed by atoms with Crippen molar-refractivity contribution in [1.29, 1.82) is 0 Å². The second-order valence-electron chi connectivity index (χ2n) is 6.33. The number of aliphatic carboxylic acids is 1. The summed E-state index contributed by atoms with van der Waals surface area (Å²) >= 11 is 0. The summed E-state index contributed by atoms with van der Waals surface area (Å²) in [5.74, 6) is -1.52. The lowest BCUT2D eigenvalue weighted by Crippen LogP contribution is -2.21. The Morgan fingerprint density at radius 1 is 0.923 bits per heavy atom. The molecule has 0 aliphatic carbocycles. The Kier molecular flexibility index (Phi) is 7.62. The lowest BCUT2D eigenvalue weighted by atomic mass is 9.91. The first kappa shape index (κ1) is 19.4. The summed E-state index contributed by atoms with van der Waals surface area (Å²) in [7, 11) is 0. The van der Waals surface area contributed by atoms with Gasteiger partial charge in [0.15, 0.2) is 0 Å². The minimum atomic E-state index is -0.864. The van der Waals surface area contributed by atoms with Gasteiger partial charge in [0.25, 0.3) is 0 Å². The Labute approximate surface area is 154 Å². The number of ether oxygens (including phenoxy) is 1. The largest absolute Gasteiger partial charge is 0.481 e. The third-order valence-corrected chi connectivity index (χ3v) is 4.11. The average molecular weight is 352 g/mol. The minimum Gasteiger partial charge on any atom is -0.481 e. The number of hydrogen-bond donors (Lipinski definition) is 1. The van der Waals surface area contributed by atoms with Gasteiger partial charge in [-0.3, -0.25) is 9.59 Å². The molecule has 136 valence electrons. The summed E-state index contributed by atoms with van der Waals surface area (Å²) in [4.78, 5) is 23.4. The van der Waals surface area contributed by atoms with Crippen LogP contribution in [-0.2, 0) is 27.4 Å². The van der Waals surface area contributed by atoms with Crippen molar-refractivity contribution in [3.8, 4) is 0 Å². The molecule has 0 heterocycles. The number of benzene rings is 2. The monoisotopic (exact) mass is 352 g/mol. The third-order valence-electron chi connectivity index (χ3n) is 4.11. The number of hydrogen-bond acceptors (Lipinski definition) is 3. The molecular weight excluding hydrogens is 328 g/mol. The number of carboxylic acids is 1. The highest BCUT2D eigenvalue weighted by atomic mass is 16.5. The smallest absolute Gasteiger partial charge is 0.309 e. The molecule has 0 amide bonds. The molecule has 0 saturated heterocycles. The molecule has 0 bridgehead atoms. The molecule has 26 heavy (non-hydrogen) atoms. The van der Waals surface area contributed by atoms with Crippen LogP contribution in [0.15, 0.2) is 72.8 Å². The maximum absolute atomic E-state index is 12.6. The maximum atomic E-state index is 12.6. The first-order valence-corrected chi connectivity index (χ1v) is 8.67. The lowest BCUT2D eigenvalue weighted by Gasteiger charge is -2.17. The fourth-order valence-electron chi connectivity index (χ4n) is 2.72. The summed E-state index contributed by atoms with van der Waals surface area (Å²) < 4.78 is 5.49. The summed E-state index contributed by atoms with van der Waals surface area (Å²) in [6.45, 7) is 4.17. The fraction of sp³-hybridized carbons (Fsp3) is 0.273. The van der Waals surface area contributed by atoms with E-state index in [2.05, 4.69) is 6.58 Å². The van der Waals surface area contributed by atoms with E-state index in [1.165, 1.54) is 0 Å². The van der Waals surface area contributed by atoms with Gasteiger partial charge in [0.05, 0.1) is 5.92 Å². The number of rotatable bonds is 10. The van der Waals surface area contributed by atoms with Gasteiger partial charge in [-0.05, 0) is 30.4 Å². The number of allylic oxidation sites excluding steroid dienone is 1. The molecule has 4 nitrogen and oxygen atoms in total. The van der Waals surface area contributed by atoms with E-state index < -0.39 is 5.97 Å². The molecule has 4 heteroatoms. The zero-order valence-electron chi connectivity index (χ0n) is 14.8. The number of esters is 1. The van der Waals surface area contributed by atoms with Gasteiger partial charge in [0.1, 0.15) is 6.61 Å². The molecule has 2 rings (SSSR count). The summed E-state index contributed by atoms with van der Waals surface area (Å²) in [5, 5.41) is 8.82. The van der Waals surface area contributed by atoms with Crippen molar-refractivity contribution in [2.45, 2.75) is 32.3 Å². The summed E-state index contributed by atoms with van der Waals surface area (Å²) in [6.07, 6.45) is 1.36. The van der Waals surface area contributed by atoms with Crippen LogP contribution < -0.4 is 0 Å². The normalized spacial score (nSPS) is 11.5. The Bertz CT molecular complexity index is 722. The van der Waals surface area contributed by atoms with Gasteiger partial charge in [-0.15, -0.1) is 0 Å². The van der Waals surface area contributed by atoms with Crippen molar-refractivity contribution < 1.29 is 19.4 Å². The molecule has 2 aromatic carbocycles. The van der Waals surface area contributed by atoms with Crippen molar-refractivity contribution in [1.82, 2.24) is 0 Å². The van der Waals surface area contributed by atoms with Gasteiger partial charge >= 0.3 is 11.9 Å². The van der Waals surface area contributed by atoms with E-state index in [0.717, 1.165) is 16.7 Å². The molecule has 1 N–H and O–H groups in total. The topological polar surface area (TPSA) is 63.6 Å². The molecule has 0 radical (unpaired) electrons. The summed E-state index contributed by atoms with van der Waals surface area (Å²) in [6, 6.07) is 19.3. The van der Waals surface area contributed by atoms with Gasteiger partial charge in [0, 0.05) is 6.42 Å². The van der Waals surface area contributed by atoms with Gasteiger partial charge in [-0.25, -0.2) is 0 Å². The highest BCUT2D eigenvalue weighted by Crippen LogP contribution is 2.21. The first-order chi connectivity index (χ1) is 12.5. The third kappa shape index (κ3) is 6.93. The average Bonchev–Trinajstić information content (AvgIpc) is 2.65. The first-order valence-electron chi connectivity index (χ1n) is 8.67. The van der Waals surface area contributed by atoms with Crippen molar-refractivity contribution in [3.05, 3.63) is 83.9 Å². The molecule has 0 fully saturated rings. The van der Waals surface area contributed by atoms with Crippen LogP contribution in [0, 0.1) is 5.92 Å². The van der Waals surface area contributed by atoms with Crippen LogP contribution in [0.2, 0.25) is 0 Å².